The number of nitrogens with zero attached hydrogens (tertiary/aromatic N) is 2. The van der Waals surface area contributed by atoms with Gasteiger partial charge in [-0.05, 0) is 61.5 Å². The van der Waals surface area contributed by atoms with Gasteiger partial charge < -0.3 is 4.74 Å². The molecule has 2 heterocycles. The van der Waals surface area contributed by atoms with Crippen molar-refractivity contribution in [2.24, 2.45) is 0 Å². The maximum atomic E-state index is 12.2. The number of carbonyl (C=O) groups is 1. The summed E-state index contributed by atoms with van der Waals surface area (Å²) < 4.78 is 8.03. The molecule has 29 heavy (non-hydrogen) atoms. The highest BCUT2D eigenvalue weighted by Gasteiger charge is 2.24. The summed E-state index contributed by atoms with van der Waals surface area (Å²) in [6.45, 7) is 2.56. The highest BCUT2D eigenvalue weighted by molar-refractivity contribution is 8.27. The van der Waals surface area contributed by atoms with Crippen LogP contribution in [-0.2, 0) is 4.79 Å². The minimum atomic E-state index is 0.0527. The summed E-state index contributed by atoms with van der Waals surface area (Å²) in [5, 5.41) is 5.44. The van der Waals surface area contributed by atoms with Crippen LogP contribution < -0.4 is 4.74 Å². The SMILES string of the molecule is CCOc1ccc(-c2nn(-c3ccc(Cl)cc3)cc2/C=C2\SC(=S)CC2=O)cc1. The Kier molecular flexibility index (Phi) is 5.85. The molecule has 0 atom stereocenters. The van der Waals surface area contributed by atoms with Crippen LogP contribution in [0.25, 0.3) is 23.0 Å². The van der Waals surface area contributed by atoms with E-state index in [0.717, 1.165) is 28.3 Å². The van der Waals surface area contributed by atoms with Crippen LogP contribution in [0.5, 0.6) is 5.75 Å². The van der Waals surface area contributed by atoms with Gasteiger partial charge in [-0.15, -0.1) is 0 Å². The molecule has 146 valence electrons. The van der Waals surface area contributed by atoms with E-state index in [2.05, 4.69) is 0 Å². The van der Waals surface area contributed by atoms with E-state index in [0.29, 0.717) is 27.2 Å². The number of hydrogen-bond acceptors (Lipinski definition) is 5. The van der Waals surface area contributed by atoms with Crippen LogP contribution in [0.2, 0.25) is 5.02 Å². The van der Waals surface area contributed by atoms with Crippen molar-refractivity contribution in [3.63, 3.8) is 0 Å². The lowest BCUT2D eigenvalue weighted by Gasteiger charge is -2.04. The van der Waals surface area contributed by atoms with Crippen molar-refractivity contribution in [2.45, 2.75) is 13.3 Å². The fourth-order valence-corrected chi connectivity index (χ4v) is 4.35. The first-order valence-corrected chi connectivity index (χ1v) is 10.7. The monoisotopic (exact) mass is 440 g/mol. The molecular formula is C22H17ClN2O2S2. The Hall–Kier alpha value is -2.41. The quantitative estimate of drug-likeness (QED) is 0.361. The summed E-state index contributed by atoms with van der Waals surface area (Å²) in [5.41, 5.74) is 3.45. The average Bonchev–Trinajstić information content (AvgIpc) is 3.26. The summed E-state index contributed by atoms with van der Waals surface area (Å²) in [4.78, 5) is 12.9. The Morgan fingerprint density at radius 3 is 2.55 bits per heavy atom. The molecule has 1 aliphatic rings. The number of thiocarbonyl (C=S) groups is 1. The van der Waals surface area contributed by atoms with Gasteiger partial charge in [0.1, 0.15) is 5.75 Å². The number of hydrogen-bond donors (Lipinski definition) is 0. The Morgan fingerprint density at radius 2 is 1.93 bits per heavy atom. The molecule has 1 fully saturated rings. The van der Waals surface area contributed by atoms with E-state index in [-0.39, 0.29) is 5.78 Å². The lowest BCUT2D eigenvalue weighted by Crippen LogP contribution is -1.94. The molecule has 1 saturated heterocycles. The zero-order chi connectivity index (χ0) is 20.4. The second-order valence-corrected chi connectivity index (χ2v) is 8.72. The fraction of sp³-hybridized carbons (Fsp3) is 0.136. The van der Waals surface area contributed by atoms with Crippen LogP contribution in [0.1, 0.15) is 18.9 Å². The van der Waals surface area contributed by atoms with Gasteiger partial charge in [0.2, 0.25) is 0 Å². The van der Waals surface area contributed by atoms with Gasteiger partial charge in [-0.25, -0.2) is 4.68 Å². The van der Waals surface area contributed by atoms with Crippen LogP contribution in [0, 0.1) is 0 Å². The first-order valence-electron chi connectivity index (χ1n) is 9.08. The molecule has 3 aromatic rings. The van der Waals surface area contributed by atoms with Gasteiger partial charge in [-0.3, -0.25) is 4.79 Å². The summed E-state index contributed by atoms with van der Waals surface area (Å²) >= 11 is 12.6. The average molecular weight is 441 g/mol. The number of rotatable bonds is 5. The number of halogens is 1. The highest BCUT2D eigenvalue weighted by Crippen LogP contribution is 2.34. The van der Waals surface area contributed by atoms with E-state index in [4.69, 9.17) is 33.7 Å². The standard InChI is InChI=1S/C22H17ClN2O2S2/c1-2-27-18-9-3-14(4-10-18)22-15(11-20-19(26)12-21(28)29-20)13-25(24-22)17-7-5-16(23)6-8-17/h3-11,13H,2,12H2,1H3/b20-11-. The summed E-state index contributed by atoms with van der Waals surface area (Å²) in [7, 11) is 0. The van der Waals surface area contributed by atoms with Gasteiger partial charge in [-0.2, -0.15) is 5.10 Å². The van der Waals surface area contributed by atoms with Gasteiger partial charge in [0, 0.05) is 22.3 Å². The molecule has 4 nitrogen and oxygen atoms in total. The molecule has 0 unspecified atom stereocenters. The molecule has 1 aliphatic heterocycles. The van der Waals surface area contributed by atoms with Gasteiger partial charge >= 0.3 is 0 Å². The molecule has 0 N–H and O–H groups in total. The molecule has 7 heteroatoms. The number of allylic oxidation sites excluding steroid dienone is 1. The lowest BCUT2D eigenvalue weighted by molar-refractivity contribution is -0.113. The molecule has 1 aromatic heterocycles. The Balaban J connectivity index is 1.79. The van der Waals surface area contributed by atoms with Crippen LogP contribution in [-0.4, -0.2) is 26.4 Å². The van der Waals surface area contributed by atoms with E-state index < -0.39 is 0 Å². The minimum absolute atomic E-state index is 0.0527. The maximum Gasteiger partial charge on any atom is 0.175 e. The molecule has 0 saturated carbocycles. The van der Waals surface area contributed by atoms with Crippen LogP contribution in [0.4, 0.5) is 0 Å². The summed E-state index contributed by atoms with van der Waals surface area (Å²) in [5.74, 6) is 0.858. The van der Waals surface area contributed by atoms with Gasteiger partial charge in [0.25, 0.3) is 0 Å². The van der Waals surface area contributed by atoms with Gasteiger partial charge in [0.15, 0.2) is 5.78 Å². The van der Waals surface area contributed by atoms with Crippen molar-refractivity contribution in [1.82, 2.24) is 9.78 Å². The fourth-order valence-electron chi connectivity index (χ4n) is 3.00. The zero-order valence-corrected chi connectivity index (χ0v) is 18.0. The molecule has 0 aliphatic carbocycles. The largest absolute Gasteiger partial charge is 0.494 e. The highest BCUT2D eigenvalue weighted by atomic mass is 35.5. The van der Waals surface area contributed by atoms with Crippen molar-refractivity contribution in [3.8, 4) is 22.7 Å². The predicted molar refractivity (Wildman–Crippen MR) is 123 cm³/mol. The number of benzene rings is 2. The number of carbonyl (C=O) groups excluding carboxylic acids is 1. The third-order valence-corrected chi connectivity index (χ3v) is 5.95. The normalized spacial score (nSPS) is 15.3. The molecule has 0 amide bonds. The van der Waals surface area contributed by atoms with Crippen LogP contribution >= 0.6 is 35.6 Å². The lowest BCUT2D eigenvalue weighted by atomic mass is 10.1. The molecule has 4 rings (SSSR count). The predicted octanol–water partition coefficient (Wildman–Crippen LogP) is 5.97. The Labute approximate surface area is 183 Å². The van der Waals surface area contributed by atoms with Crippen LogP contribution in [0.15, 0.2) is 59.6 Å². The third kappa shape index (κ3) is 4.45. The molecule has 0 radical (unpaired) electrons. The molecule has 0 bridgehead atoms. The topological polar surface area (TPSA) is 44.1 Å². The van der Waals surface area contributed by atoms with Crippen LogP contribution in [0.3, 0.4) is 0 Å². The number of thioether (sulfide) groups is 1. The summed E-state index contributed by atoms with van der Waals surface area (Å²) in [6.07, 6.45) is 4.10. The number of ether oxygens (including phenoxy) is 1. The van der Waals surface area contributed by atoms with Crippen molar-refractivity contribution in [3.05, 3.63) is 70.2 Å². The first kappa shape index (κ1) is 19.9. The Bertz CT molecular complexity index is 1100. The van der Waals surface area contributed by atoms with Crippen molar-refractivity contribution in [2.75, 3.05) is 6.61 Å². The number of ketones is 1. The first-order chi connectivity index (χ1) is 14.0. The van der Waals surface area contributed by atoms with Gasteiger partial charge in [0.05, 0.1) is 33.5 Å². The third-order valence-electron chi connectivity index (χ3n) is 4.36. The number of Topliss-reactive ketones (excluding diaryl/α,β-unsaturated/α-hetero) is 1. The maximum absolute atomic E-state index is 12.2. The van der Waals surface area contributed by atoms with E-state index in [9.17, 15) is 4.79 Å². The second-order valence-electron chi connectivity index (χ2n) is 6.39. The van der Waals surface area contributed by atoms with Gasteiger partial charge in [-0.1, -0.05) is 35.6 Å². The summed E-state index contributed by atoms with van der Waals surface area (Å²) in [6, 6.07) is 15.2. The van der Waals surface area contributed by atoms with E-state index in [1.807, 2.05) is 67.7 Å². The molecule has 0 spiro atoms. The smallest absolute Gasteiger partial charge is 0.175 e. The van der Waals surface area contributed by atoms with E-state index in [1.165, 1.54) is 11.8 Å². The van der Waals surface area contributed by atoms with Crippen molar-refractivity contribution < 1.29 is 9.53 Å². The second kappa shape index (κ2) is 8.53. The van der Waals surface area contributed by atoms with E-state index in [1.54, 1.807) is 4.68 Å². The zero-order valence-electron chi connectivity index (χ0n) is 15.6. The molecular weight excluding hydrogens is 424 g/mol. The van der Waals surface area contributed by atoms with Crippen molar-refractivity contribution in [1.29, 1.82) is 0 Å². The molecule has 2 aromatic carbocycles. The number of aromatic nitrogens is 2. The Morgan fingerprint density at radius 1 is 1.21 bits per heavy atom. The minimum Gasteiger partial charge on any atom is -0.494 e. The van der Waals surface area contributed by atoms with E-state index >= 15 is 0 Å². The van der Waals surface area contributed by atoms with Crippen molar-refractivity contribution >= 4 is 51.6 Å².